The summed E-state index contributed by atoms with van der Waals surface area (Å²) < 4.78 is 0. The van der Waals surface area contributed by atoms with E-state index in [4.69, 9.17) is 17.2 Å². The van der Waals surface area contributed by atoms with Gasteiger partial charge in [0.05, 0.1) is 12.0 Å². The van der Waals surface area contributed by atoms with Crippen molar-refractivity contribution in [1.82, 2.24) is 14.9 Å². The van der Waals surface area contributed by atoms with E-state index in [2.05, 4.69) is 15.0 Å². The first-order valence-electron chi connectivity index (χ1n) is 4.33. The van der Waals surface area contributed by atoms with Crippen LogP contribution in [0.15, 0.2) is 11.3 Å². The average molecular weight is 195 g/mol. The first-order valence-corrected chi connectivity index (χ1v) is 4.33. The number of aromatic amines is 1. The van der Waals surface area contributed by atoms with Crippen LogP contribution in [0.5, 0.6) is 0 Å². The van der Waals surface area contributed by atoms with Gasteiger partial charge in [-0.1, -0.05) is 0 Å². The Bertz CT molecular complexity index is 355. The van der Waals surface area contributed by atoms with E-state index in [9.17, 15) is 0 Å². The molecule has 0 fully saturated rings. The molecule has 76 valence electrons. The highest BCUT2D eigenvalue weighted by atomic mass is 15.4. The predicted octanol–water partition coefficient (Wildman–Crippen LogP) is -1.41. The molecule has 0 aliphatic carbocycles. The predicted molar refractivity (Wildman–Crippen MR) is 52.6 cm³/mol. The molecule has 0 radical (unpaired) electrons. The smallest absolute Gasteiger partial charge is 0.199 e. The molecule has 0 saturated heterocycles. The van der Waals surface area contributed by atoms with E-state index in [0.29, 0.717) is 24.9 Å². The molecule has 0 aromatic carbocycles. The molecule has 1 aromatic rings. The summed E-state index contributed by atoms with van der Waals surface area (Å²) >= 11 is 0. The highest BCUT2D eigenvalue weighted by molar-refractivity contribution is 5.83. The van der Waals surface area contributed by atoms with Crippen LogP contribution in [0.2, 0.25) is 0 Å². The molecule has 2 rings (SSSR count). The Hall–Kier alpha value is -1.60. The molecule has 0 spiro atoms. The van der Waals surface area contributed by atoms with Crippen LogP contribution in [0.1, 0.15) is 11.9 Å². The first-order chi connectivity index (χ1) is 6.74. The molecule has 1 aliphatic heterocycles. The van der Waals surface area contributed by atoms with Crippen LogP contribution in [0, 0.1) is 0 Å². The molecule has 0 amide bonds. The Morgan fingerprint density at radius 1 is 1.57 bits per heavy atom. The topological polar surface area (TPSA) is 122 Å². The van der Waals surface area contributed by atoms with Gasteiger partial charge in [-0.3, -0.25) is 0 Å². The fourth-order valence-corrected chi connectivity index (χ4v) is 1.47. The molecule has 7 N–H and O–H groups in total. The van der Waals surface area contributed by atoms with Crippen molar-refractivity contribution in [3.05, 3.63) is 12.0 Å². The van der Waals surface area contributed by atoms with E-state index < -0.39 is 0 Å². The number of guanidine groups is 1. The van der Waals surface area contributed by atoms with Crippen molar-refractivity contribution in [1.29, 1.82) is 0 Å². The fraction of sp³-hybridized carbons (Fsp3) is 0.429. The third-order valence-electron chi connectivity index (χ3n) is 2.16. The third-order valence-corrected chi connectivity index (χ3v) is 2.16. The summed E-state index contributed by atoms with van der Waals surface area (Å²) in [4.78, 5) is 12.8. The summed E-state index contributed by atoms with van der Waals surface area (Å²) in [6.45, 7) is 1.06. The number of nitrogens with zero attached hydrogens (tertiary/aromatic N) is 3. The summed E-state index contributed by atoms with van der Waals surface area (Å²) in [5.41, 5.74) is 17.9. The summed E-state index contributed by atoms with van der Waals surface area (Å²) in [7, 11) is 0. The molecule has 0 bridgehead atoms. The molecular weight excluding hydrogens is 182 g/mol. The maximum atomic E-state index is 5.95. The zero-order valence-electron chi connectivity index (χ0n) is 7.64. The minimum Gasteiger partial charge on any atom is -0.369 e. The van der Waals surface area contributed by atoms with E-state index in [-0.39, 0.29) is 6.17 Å². The highest BCUT2D eigenvalue weighted by Gasteiger charge is 2.26. The molecule has 1 aromatic heterocycles. The fourth-order valence-electron chi connectivity index (χ4n) is 1.47. The lowest BCUT2D eigenvalue weighted by molar-refractivity contribution is 0.317. The Labute approximate surface area is 81.0 Å². The van der Waals surface area contributed by atoms with Gasteiger partial charge in [0.1, 0.15) is 6.17 Å². The number of imidazole rings is 1. The second kappa shape index (κ2) is 3.28. The molecule has 7 heteroatoms. The Morgan fingerprint density at radius 3 is 3.07 bits per heavy atom. The quantitative estimate of drug-likeness (QED) is 0.461. The zero-order valence-corrected chi connectivity index (χ0v) is 7.64. The van der Waals surface area contributed by atoms with Crippen LogP contribution in [0.3, 0.4) is 0 Å². The van der Waals surface area contributed by atoms with Gasteiger partial charge in [0.25, 0.3) is 0 Å². The van der Waals surface area contributed by atoms with Crippen molar-refractivity contribution in [3.8, 4) is 0 Å². The summed E-state index contributed by atoms with van der Waals surface area (Å²) in [6, 6.07) is 0. The minimum absolute atomic E-state index is 0.339. The number of aliphatic imine (C=N–C) groups is 1. The van der Waals surface area contributed by atoms with Gasteiger partial charge in [0.2, 0.25) is 0 Å². The molecule has 14 heavy (non-hydrogen) atoms. The largest absolute Gasteiger partial charge is 0.369 e. The van der Waals surface area contributed by atoms with Crippen molar-refractivity contribution in [3.63, 3.8) is 0 Å². The van der Waals surface area contributed by atoms with E-state index in [1.165, 1.54) is 0 Å². The number of rotatable bonds is 2. The van der Waals surface area contributed by atoms with Crippen molar-refractivity contribution in [2.24, 2.45) is 22.2 Å². The van der Waals surface area contributed by atoms with E-state index >= 15 is 0 Å². The Balaban J connectivity index is 2.35. The lowest BCUT2D eigenvalue weighted by Gasteiger charge is -2.31. The monoisotopic (exact) mass is 195 g/mol. The lowest BCUT2D eigenvalue weighted by Crippen LogP contribution is -2.47. The average Bonchev–Trinajstić information content (AvgIpc) is 2.60. The zero-order chi connectivity index (χ0) is 10.1. The van der Waals surface area contributed by atoms with Crippen LogP contribution < -0.4 is 17.2 Å². The molecule has 2 heterocycles. The maximum Gasteiger partial charge on any atom is 0.199 e. The summed E-state index contributed by atoms with van der Waals surface area (Å²) in [5.74, 6) is 0.922. The van der Waals surface area contributed by atoms with Crippen molar-refractivity contribution in [2.75, 3.05) is 13.1 Å². The van der Waals surface area contributed by atoms with Crippen molar-refractivity contribution < 1.29 is 0 Å². The molecule has 1 aliphatic rings. The van der Waals surface area contributed by atoms with E-state index in [1.54, 1.807) is 11.2 Å². The summed E-state index contributed by atoms with van der Waals surface area (Å²) in [5, 5.41) is 0. The SMILES string of the molecule is NCCN1C(N)=Nc2nc[nH]c2C1N. The van der Waals surface area contributed by atoms with Gasteiger partial charge in [0, 0.05) is 13.1 Å². The van der Waals surface area contributed by atoms with Gasteiger partial charge in [-0.25, -0.2) is 4.98 Å². The van der Waals surface area contributed by atoms with Crippen molar-refractivity contribution in [2.45, 2.75) is 6.17 Å². The van der Waals surface area contributed by atoms with Gasteiger partial charge < -0.3 is 27.1 Å². The van der Waals surface area contributed by atoms with Crippen LogP contribution in [-0.2, 0) is 0 Å². The van der Waals surface area contributed by atoms with Gasteiger partial charge >= 0.3 is 0 Å². The highest BCUT2D eigenvalue weighted by Crippen LogP contribution is 2.26. The minimum atomic E-state index is -0.339. The molecule has 1 unspecified atom stereocenters. The van der Waals surface area contributed by atoms with Crippen molar-refractivity contribution >= 4 is 11.8 Å². The Kier molecular flexibility index (Phi) is 2.10. The second-order valence-corrected chi connectivity index (χ2v) is 3.04. The van der Waals surface area contributed by atoms with Gasteiger partial charge in [-0.2, -0.15) is 4.99 Å². The van der Waals surface area contributed by atoms with Gasteiger partial charge in [-0.15, -0.1) is 0 Å². The van der Waals surface area contributed by atoms with Crippen LogP contribution >= 0.6 is 0 Å². The first kappa shape index (κ1) is 8.97. The maximum absolute atomic E-state index is 5.95. The number of fused-ring (bicyclic) bond motifs is 1. The number of nitrogens with two attached hydrogens (primary N) is 3. The molecule has 0 saturated carbocycles. The van der Waals surface area contributed by atoms with Crippen LogP contribution in [0.25, 0.3) is 0 Å². The second-order valence-electron chi connectivity index (χ2n) is 3.04. The van der Waals surface area contributed by atoms with Gasteiger partial charge in [-0.05, 0) is 0 Å². The molecule has 1 atom stereocenters. The van der Waals surface area contributed by atoms with Crippen LogP contribution in [-0.4, -0.2) is 33.9 Å². The normalized spacial score (nSPS) is 20.6. The number of aromatic nitrogens is 2. The summed E-state index contributed by atoms with van der Waals surface area (Å²) in [6.07, 6.45) is 1.21. The van der Waals surface area contributed by atoms with E-state index in [1.807, 2.05) is 0 Å². The van der Waals surface area contributed by atoms with Crippen LogP contribution in [0.4, 0.5) is 5.82 Å². The van der Waals surface area contributed by atoms with E-state index in [0.717, 1.165) is 5.69 Å². The third kappa shape index (κ3) is 1.22. The molecule has 7 nitrogen and oxygen atoms in total. The number of hydrogen-bond donors (Lipinski definition) is 4. The Morgan fingerprint density at radius 2 is 2.36 bits per heavy atom. The number of H-pyrrole nitrogens is 1. The number of nitrogens with one attached hydrogen (secondary N) is 1. The van der Waals surface area contributed by atoms with Gasteiger partial charge in [0.15, 0.2) is 11.8 Å². The standard InChI is InChI=1S/C7H13N7/c8-1-2-14-5(9)4-6(12-3-11-4)13-7(14)10/h3,5H,1-2,8-9H2,(H2,10,13)(H,11,12). The number of hydrogen-bond acceptors (Lipinski definition) is 6. The molecular formula is C7H13N7. The lowest BCUT2D eigenvalue weighted by atomic mass is 10.2.